The second-order valence-electron chi connectivity index (χ2n) is 3.09. The van der Waals surface area contributed by atoms with E-state index < -0.39 is 5.97 Å². The van der Waals surface area contributed by atoms with Crippen LogP contribution in [0.1, 0.15) is 10.5 Å². The zero-order valence-electron chi connectivity index (χ0n) is 8.08. The van der Waals surface area contributed by atoms with Crippen LogP contribution >= 0.6 is 46.1 Å². The highest BCUT2D eigenvalue weighted by atomic mass is 35.5. The summed E-state index contributed by atoms with van der Waals surface area (Å²) in [5.41, 5.74) is 0.460. The zero-order valence-corrected chi connectivity index (χ0v) is 11.2. The van der Waals surface area contributed by atoms with E-state index in [2.05, 4.69) is 4.98 Å². The Hall–Kier alpha value is -0.810. The van der Waals surface area contributed by atoms with Crippen LogP contribution in [-0.4, -0.2) is 16.1 Å². The van der Waals surface area contributed by atoms with Crippen LogP contribution in [0.25, 0.3) is 10.6 Å². The summed E-state index contributed by atoms with van der Waals surface area (Å²) in [5.74, 6) is -1.09. The van der Waals surface area contributed by atoms with Crippen molar-refractivity contribution in [1.82, 2.24) is 4.98 Å². The molecule has 0 aliphatic rings. The maximum Gasteiger partial charge on any atom is 0.355 e. The Balaban J connectivity index is 2.56. The topological polar surface area (TPSA) is 50.2 Å². The number of rotatable bonds is 2. The molecular weight excluding hydrogens is 305 g/mol. The molecular formula is C10H4Cl3NO2S. The van der Waals surface area contributed by atoms with E-state index in [1.807, 2.05) is 0 Å². The summed E-state index contributed by atoms with van der Waals surface area (Å²) in [7, 11) is 0. The van der Waals surface area contributed by atoms with Crippen molar-refractivity contribution in [2.75, 3.05) is 0 Å². The van der Waals surface area contributed by atoms with Crippen LogP contribution in [-0.2, 0) is 0 Å². The van der Waals surface area contributed by atoms with Crippen molar-refractivity contribution in [2.24, 2.45) is 0 Å². The Labute approximate surface area is 116 Å². The van der Waals surface area contributed by atoms with Gasteiger partial charge in [-0.1, -0.05) is 34.8 Å². The molecule has 3 nitrogen and oxygen atoms in total. The highest BCUT2D eigenvalue weighted by molar-refractivity contribution is 7.13. The molecule has 0 atom stereocenters. The fourth-order valence-corrected chi connectivity index (χ4v) is 3.21. The van der Waals surface area contributed by atoms with Gasteiger partial charge >= 0.3 is 5.97 Å². The van der Waals surface area contributed by atoms with Crippen LogP contribution in [0.2, 0.25) is 15.1 Å². The van der Waals surface area contributed by atoms with Gasteiger partial charge in [0.25, 0.3) is 0 Å². The van der Waals surface area contributed by atoms with Crippen LogP contribution in [0.4, 0.5) is 0 Å². The van der Waals surface area contributed by atoms with Gasteiger partial charge in [-0.15, -0.1) is 11.3 Å². The van der Waals surface area contributed by atoms with E-state index in [1.54, 1.807) is 0 Å². The average Bonchev–Trinajstić information content (AvgIpc) is 2.65. The first kappa shape index (κ1) is 12.6. The van der Waals surface area contributed by atoms with Crippen molar-refractivity contribution < 1.29 is 9.90 Å². The predicted octanol–water partition coefficient (Wildman–Crippen LogP) is 4.47. The summed E-state index contributed by atoms with van der Waals surface area (Å²) in [4.78, 5) is 14.7. The molecule has 17 heavy (non-hydrogen) atoms. The van der Waals surface area contributed by atoms with Gasteiger partial charge in [0.15, 0.2) is 5.69 Å². The molecule has 0 saturated carbocycles. The van der Waals surface area contributed by atoms with E-state index in [9.17, 15) is 4.79 Å². The molecule has 0 bridgehead atoms. The Kier molecular flexibility index (Phi) is 3.58. The second kappa shape index (κ2) is 4.82. The van der Waals surface area contributed by atoms with Crippen molar-refractivity contribution >= 4 is 52.1 Å². The van der Waals surface area contributed by atoms with Gasteiger partial charge < -0.3 is 5.11 Å². The first-order chi connectivity index (χ1) is 7.99. The highest BCUT2D eigenvalue weighted by Crippen LogP contribution is 2.38. The fraction of sp³-hybridized carbons (Fsp3) is 0. The molecule has 0 spiro atoms. The molecule has 1 N–H and O–H groups in total. The summed E-state index contributed by atoms with van der Waals surface area (Å²) in [5, 5.41) is 11.8. The van der Waals surface area contributed by atoms with Gasteiger partial charge in [0, 0.05) is 16.0 Å². The zero-order chi connectivity index (χ0) is 12.6. The van der Waals surface area contributed by atoms with E-state index in [0.29, 0.717) is 25.6 Å². The third-order valence-corrected chi connectivity index (χ3v) is 3.62. The number of aromatic carboxylic acids is 1. The third-order valence-electron chi connectivity index (χ3n) is 1.94. The minimum Gasteiger partial charge on any atom is -0.476 e. The van der Waals surface area contributed by atoms with Crippen LogP contribution < -0.4 is 0 Å². The average molecular weight is 309 g/mol. The largest absolute Gasteiger partial charge is 0.476 e. The van der Waals surface area contributed by atoms with Crippen LogP contribution in [0.3, 0.4) is 0 Å². The number of carboxylic acid groups (broad SMARTS) is 1. The van der Waals surface area contributed by atoms with Gasteiger partial charge in [-0.3, -0.25) is 0 Å². The molecule has 2 aromatic rings. The minimum atomic E-state index is -1.09. The molecule has 0 amide bonds. The summed E-state index contributed by atoms with van der Waals surface area (Å²) in [6.45, 7) is 0. The predicted molar refractivity (Wildman–Crippen MR) is 69.5 cm³/mol. The number of carboxylic acids is 1. The Bertz CT molecular complexity index is 574. The normalized spacial score (nSPS) is 10.5. The van der Waals surface area contributed by atoms with Crippen molar-refractivity contribution in [3.05, 3.63) is 38.3 Å². The number of hydrogen-bond acceptors (Lipinski definition) is 3. The molecule has 1 heterocycles. The van der Waals surface area contributed by atoms with E-state index in [4.69, 9.17) is 39.9 Å². The van der Waals surface area contributed by atoms with E-state index >= 15 is 0 Å². The summed E-state index contributed by atoms with van der Waals surface area (Å²) in [6, 6.07) is 3.07. The SMILES string of the molecule is O=C(O)c1csc(-c2c(Cl)cc(Cl)cc2Cl)n1. The lowest BCUT2D eigenvalue weighted by molar-refractivity contribution is 0.0691. The molecule has 0 aliphatic carbocycles. The Morgan fingerprint density at radius 2 is 1.82 bits per heavy atom. The molecule has 0 aliphatic heterocycles. The lowest BCUT2D eigenvalue weighted by Gasteiger charge is -2.03. The third kappa shape index (κ3) is 2.55. The molecule has 0 radical (unpaired) electrons. The molecule has 0 fully saturated rings. The summed E-state index contributed by atoms with van der Waals surface area (Å²) in [6.07, 6.45) is 0. The lowest BCUT2D eigenvalue weighted by Crippen LogP contribution is -1.95. The standard InChI is InChI=1S/C10H4Cl3NO2S/c11-4-1-5(12)8(6(13)2-4)9-14-7(3-17-9)10(15)16/h1-3H,(H,15,16). The number of benzene rings is 1. The Morgan fingerprint density at radius 3 is 2.29 bits per heavy atom. The van der Waals surface area contributed by atoms with Crippen LogP contribution in [0, 0.1) is 0 Å². The minimum absolute atomic E-state index is 0.0351. The maximum absolute atomic E-state index is 10.7. The molecule has 2 rings (SSSR count). The van der Waals surface area contributed by atoms with Crippen LogP contribution in [0.5, 0.6) is 0 Å². The van der Waals surface area contributed by atoms with Gasteiger partial charge in [-0.05, 0) is 12.1 Å². The number of aromatic nitrogens is 1. The van der Waals surface area contributed by atoms with Gasteiger partial charge in [-0.2, -0.15) is 0 Å². The first-order valence-corrected chi connectivity index (χ1v) is 6.34. The molecule has 0 saturated heterocycles. The monoisotopic (exact) mass is 307 g/mol. The number of carbonyl (C=O) groups is 1. The molecule has 1 aromatic carbocycles. The van der Waals surface area contributed by atoms with Gasteiger partial charge in [0.2, 0.25) is 0 Å². The summed E-state index contributed by atoms with van der Waals surface area (Å²) >= 11 is 19.0. The number of nitrogens with zero attached hydrogens (tertiary/aromatic N) is 1. The summed E-state index contributed by atoms with van der Waals surface area (Å²) < 4.78 is 0. The fourth-order valence-electron chi connectivity index (χ4n) is 1.23. The van der Waals surface area contributed by atoms with Crippen molar-refractivity contribution in [1.29, 1.82) is 0 Å². The molecule has 88 valence electrons. The number of halogens is 3. The van der Waals surface area contributed by atoms with Gasteiger partial charge in [0.05, 0.1) is 10.0 Å². The molecule has 7 heteroatoms. The first-order valence-electron chi connectivity index (χ1n) is 4.33. The number of hydrogen-bond donors (Lipinski definition) is 1. The van der Waals surface area contributed by atoms with Crippen LogP contribution in [0.15, 0.2) is 17.5 Å². The van der Waals surface area contributed by atoms with Crippen molar-refractivity contribution in [3.63, 3.8) is 0 Å². The number of thiazole rings is 1. The van der Waals surface area contributed by atoms with E-state index in [0.717, 1.165) is 11.3 Å². The smallest absolute Gasteiger partial charge is 0.355 e. The van der Waals surface area contributed by atoms with Crippen molar-refractivity contribution in [3.8, 4) is 10.6 Å². The maximum atomic E-state index is 10.7. The van der Waals surface area contributed by atoms with Crippen molar-refractivity contribution in [2.45, 2.75) is 0 Å². The Morgan fingerprint density at radius 1 is 1.24 bits per heavy atom. The van der Waals surface area contributed by atoms with E-state index in [1.165, 1.54) is 17.5 Å². The highest BCUT2D eigenvalue weighted by Gasteiger charge is 2.16. The lowest BCUT2D eigenvalue weighted by atomic mass is 10.2. The van der Waals surface area contributed by atoms with E-state index in [-0.39, 0.29) is 5.69 Å². The van der Waals surface area contributed by atoms with Gasteiger partial charge in [0.1, 0.15) is 5.01 Å². The molecule has 0 unspecified atom stereocenters. The molecule has 1 aromatic heterocycles. The second-order valence-corrected chi connectivity index (χ2v) is 5.20. The van der Waals surface area contributed by atoms with Gasteiger partial charge in [-0.25, -0.2) is 9.78 Å². The quantitative estimate of drug-likeness (QED) is 0.890.